The highest BCUT2D eigenvalue weighted by Crippen LogP contribution is 2.36. The molecule has 3 rings (SSSR count). The van der Waals surface area contributed by atoms with E-state index in [4.69, 9.17) is 4.74 Å². The summed E-state index contributed by atoms with van der Waals surface area (Å²) in [4.78, 5) is 8.02. The zero-order valence-corrected chi connectivity index (χ0v) is 13.5. The fraction of sp³-hybridized carbons (Fsp3) is 0.143. The third kappa shape index (κ3) is 2.68. The number of nitrogens with zero attached hydrogens (tertiary/aromatic N) is 2. The minimum Gasteiger partial charge on any atom is -0.495 e. The highest BCUT2D eigenvalue weighted by molar-refractivity contribution is 9.10. The lowest BCUT2D eigenvalue weighted by atomic mass is 10.2. The predicted molar refractivity (Wildman–Crippen MR) is 82.1 cm³/mol. The van der Waals surface area contributed by atoms with Crippen LogP contribution in [0, 0.1) is 0 Å². The zero-order chi connectivity index (χ0) is 15.9. The van der Waals surface area contributed by atoms with E-state index in [1.807, 2.05) is 6.07 Å². The van der Waals surface area contributed by atoms with Gasteiger partial charge in [-0.3, -0.25) is 0 Å². The summed E-state index contributed by atoms with van der Waals surface area (Å²) in [5.74, 6) is 0.604. The number of thiazole rings is 1. The second kappa shape index (κ2) is 5.51. The first-order chi connectivity index (χ1) is 10.4. The molecular formula is C14H8BrF3N2OS. The van der Waals surface area contributed by atoms with Crippen molar-refractivity contribution in [3.8, 4) is 16.5 Å². The fourth-order valence-electron chi connectivity index (χ4n) is 1.93. The molecule has 0 spiro atoms. The van der Waals surface area contributed by atoms with Crippen molar-refractivity contribution in [2.24, 2.45) is 0 Å². The van der Waals surface area contributed by atoms with Crippen LogP contribution < -0.4 is 4.74 Å². The Bertz CT molecular complexity index is 848. The van der Waals surface area contributed by atoms with E-state index in [9.17, 15) is 13.2 Å². The van der Waals surface area contributed by atoms with Crippen LogP contribution in [0.4, 0.5) is 13.2 Å². The molecule has 0 unspecified atom stereocenters. The van der Waals surface area contributed by atoms with Crippen LogP contribution >= 0.6 is 27.3 Å². The van der Waals surface area contributed by atoms with E-state index in [2.05, 4.69) is 25.9 Å². The Kier molecular flexibility index (Phi) is 3.82. The summed E-state index contributed by atoms with van der Waals surface area (Å²) >= 11 is 4.31. The third-order valence-corrected chi connectivity index (χ3v) is 4.63. The van der Waals surface area contributed by atoms with Crippen molar-refractivity contribution in [2.75, 3.05) is 7.11 Å². The molecule has 8 heteroatoms. The molecule has 2 aromatic heterocycles. The van der Waals surface area contributed by atoms with Gasteiger partial charge in [0.05, 0.1) is 22.8 Å². The molecule has 0 atom stereocenters. The Labute approximate surface area is 135 Å². The quantitative estimate of drug-likeness (QED) is 0.608. The summed E-state index contributed by atoms with van der Waals surface area (Å²) in [6.07, 6.45) is -4.45. The number of fused-ring (bicyclic) bond motifs is 1. The van der Waals surface area contributed by atoms with Crippen molar-refractivity contribution < 1.29 is 17.9 Å². The van der Waals surface area contributed by atoms with Gasteiger partial charge < -0.3 is 4.74 Å². The van der Waals surface area contributed by atoms with Gasteiger partial charge in [-0.2, -0.15) is 13.2 Å². The largest absolute Gasteiger partial charge is 0.495 e. The summed E-state index contributed by atoms with van der Waals surface area (Å²) in [5.41, 5.74) is 0.0988. The maximum atomic E-state index is 12.6. The van der Waals surface area contributed by atoms with Crippen LogP contribution in [-0.2, 0) is 6.18 Å². The summed E-state index contributed by atoms with van der Waals surface area (Å²) in [5, 5.41) is 2.06. The van der Waals surface area contributed by atoms with Crippen LogP contribution in [0.2, 0.25) is 0 Å². The number of benzene rings is 1. The lowest BCUT2D eigenvalue weighted by molar-refractivity contribution is -0.140. The van der Waals surface area contributed by atoms with Gasteiger partial charge in [0.15, 0.2) is 5.69 Å². The number of hydrogen-bond acceptors (Lipinski definition) is 4. The second-order valence-electron chi connectivity index (χ2n) is 4.39. The molecule has 1 aromatic carbocycles. The van der Waals surface area contributed by atoms with Crippen molar-refractivity contribution in [1.82, 2.24) is 9.97 Å². The van der Waals surface area contributed by atoms with Crippen LogP contribution in [-0.4, -0.2) is 17.1 Å². The molecule has 0 saturated carbocycles. The minimum absolute atomic E-state index is 0.226. The van der Waals surface area contributed by atoms with E-state index in [1.54, 1.807) is 18.2 Å². The normalized spacial score (nSPS) is 11.9. The highest BCUT2D eigenvalue weighted by Gasteiger charge is 2.34. The van der Waals surface area contributed by atoms with Gasteiger partial charge in [-0.15, -0.1) is 11.3 Å². The number of methoxy groups -OCH3 is 1. The smallest absolute Gasteiger partial charge is 0.434 e. The minimum atomic E-state index is -4.45. The Balaban J connectivity index is 2.12. The lowest BCUT2D eigenvalue weighted by Crippen LogP contribution is -2.04. The van der Waals surface area contributed by atoms with Gasteiger partial charge in [-0.1, -0.05) is 6.07 Å². The maximum absolute atomic E-state index is 12.6. The van der Waals surface area contributed by atoms with E-state index in [-0.39, 0.29) is 5.01 Å². The van der Waals surface area contributed by atoms with E-state index < -0.39 is 11.9 Å². The number of halogens is 4. The van der Waals surface area contributed by atoms with Gasteiger partial charge in [0, 0.05) is 10.8 Å². The summed E-state index contributed by atoms with van der Waals surface area (Å²) < 4.78 is 43.8. The first-order valence-electron chi connectivity index (χ1n) is 6.06. The number of pyridine rings is 1. The van der Waals surface area contributed by atoms with E-state index in [1.165, 1.54) is 7.11 Å². The van der Waals surface area contributed by atoms with Crippen molar-refractivity contribution in [1.29, 1.82) is 0 Å². The Hall–Kier alpha value is -1.67. The SMILES string of the molecule is COc1ccc2ccc(-c3nc(C(F)(F)F)cs3)nc2c1Br. The van der Waals surface area contributed by atoms with Crippen LogP contribution in [0.1, 0.15) is 5.69 Å². The van der Waals surface area contributed by atoms with Gasteiger partial charge in [-0.25, -0.2) is 9.97 Å². The number of aromatic nitrogens is 2. The molecule has 0 aliphatic rings. The molecule has 0 bridgehead atoms. The van der Waals surface area contributed by atoms with Gasteiger partial charge in [0.25, 0.3) is 0 Å². The van der Waals surface area contributed by atoms with Gasteiger partial charge in [0.2, 0.25) is 0 Å². The summed E-state index contributed by atoms with van der Waals surface area (Å²) in [6.45, 7) is 0. The molecule has 0 amide bonds. The van der Waals surface area contributed by atoms with Gasteiger partial charge in [0.1, 0.15) is 10.8 Å². The average Bonchev–Trinajstić information content (AvgIpc) is 2.97. The zero-order valence-electron chi connectivity index (χ0n) is 11.1. The molecule has 0 saturated heterocycles. The molecule has 0 fully saturated rings. The number of rotatable bonds is 2. The number of hydrogen-bond donors (Lipinski definition) is 0. The van der Waals surface area contributed by atoms with Crippen molar-refractivity contribution in [3.05, 3.63) is 39.8 Å². The van der Waals surface area contributed by atoms with Crippen molar-refractivity contribution in [3.63, 3.8) is 0 Å². The van der Waals surface area contributed by atoms with Crippen molar-refractivity contribution >= 4 is 38.2 Å². The molecule has 114 valence electrons. The van der Waals surface area contributed by atoms with Crippen LogP contribution in [0.25, 0.3) is 21.6 Å². The monoisotopic (exact) mass is 388 g/mol. The molecule has 0 aliphatic heterocycles. The Morgan fingerprint density at radius 2 is 1.86 bits per heavy atom. The van der Waals surface area contributed by atoms with E-state index in [0.717, 1.165) is 22.1 Å². The van der Waals surface area contributed by atoms with Gasteiger partial charge >= 0.3 is 6.18 Å². The number of alkyl halides is 3. The fourth-order valence-corrected chi connectivity index (χ4v) is 3.34. The summed E-state index contributed by atoms with van der Waals surface area (Å²) in [7, 11) is 1.53. The van der Waals surface area contributed by atoms with E-state index >= 15 is 0 Å². The predicted octanol–water partition coefficient (Wildman–Crippen LogP) is 5.15. The summed E-state index contributed by atoms with van der Waals surface area (Å²) in [6, 6.07) is 7.06. The molecule has 2 heterocycles. The molecule has 3 nitrogen and oxygen atoms in total. The molecule has 0 aliphatic carbocycles. The van der Waals surface area contributed by atoms with Crippen molar-refractivity contribution in [2.45, 2.75) is 6.18 Å². The topological polar surface area (TPSA) is 35.0 Å². The molecular weight excluding hydrogens is 381 g/mol. The standard InChI is InChI=1S/C14H8BrF3N2OS/c1-21-9-5-3-7-2-4-8(19-12(7)11(9)15)13-20-10(6-22-13)14(16,17)18/h2-6H,1H3. The van der Waals surface area contributed by atoms with E-state index in [0.29, 0.717) is 21.4 Å². The first kappa shape index (κ1) is 15.2. The maximum Gasteiger partial charge on any atom is 0.434 e. The molecule has 22 heavy (non-hydrogen) atoms. The molecule has 3 aromatic rings. The molecule has 0 radical (unpaired) electrons. The van der Waals surface area contributed by atoms with Gasteiger partial charge in [-0.05, 0) is 34.1 Å². The van der Waals surface area contributed by atoms with Crippen LogP contribution in [0.3, 0.4) is 0 Å². The van der Waals surface area contributed by atoms with Crippen LogP contribution in [0.15, 0.2) is 34.1 Å². The average molecular weight is 389 g/mol. The van der Waals surface area contributed by atoms with Crippen LogP contribution in [0.5, 0.6) is 5.75 Å². The second-order valence-corrected chi connectivity index (χ2v) is 6.04. The number of ether oxygens (including phenoxy) is 1. The first-order valence-corrected chi connectivity index (χ1v) is 7.74. The Morgan fingerprint density at radius 1 is 1.14 bits per heavy atom. The highest BCUT2D eigenvalue weighted by atomic mass is 79.9. The third-order valence-electron chi connectivity index (χ3n) is 3.00. The lowest BCUT2D eigenvalue weighted by Gasteiger charge is -2.07. The Morgan fingerprint density at radius 3 is 2.50 bits per heavy atom. The molecule has 0 N–H and O–H groups in total.